The molecule has 0 saturated carbocycles. The van der Waals surface area contributed by atoms with Crippen LogP contribution in [-0.4, -0.2) is 34.9 Å². The lowest BCUT2D eigenvalue weighted by Gasteiger charge is -2.02. The summed E-state index contributed by atoms with van der Waals surface area (Å²) in [6.07, 6.45) is 4.63. The first-order chi connectivity index (χ1) is 7.13. The summed E-state index contributed by atoms with van der Waals surface area (Å²) in [4.78, 5) is 17.2. The number of carbonyl (C=O) groups excluding carboxylic acids is 1. The van der Waals surface area contributed by atoms with Crippen molar-refractivity contribution in [1.29, 1.82) is 0 Å². The predicted octanol–water partition coefficient (Wildman–Crippen LogP) is 0.832. The van der Waals surface area contributed by atoms with E-state index < -0.39 is 0 Å². The molecular formula is C11H14N2O2. The second kappa shape index (κ2) is 5.26. The van der Waals surface area contributed by atoms with Crippen LogP contribution in [0.5, 0.6) is 0 Å². The average Bonchev–Trinajstić information content (AvgIpc) is 2.26. The fourth-order valence-electron chi connectivity index (χ4n) is 0.966. The number of pyridine rings is 1. The molecule has 0 spiro atoms. The summed E-state index contributed by atoms with van der Waals surface area (Å²) in [6, 6.07) is 3.29. The third-order valence-electron chi connectivity index (χ3n) is 1.78. The second-order valence-corrected chi connectivity index (χ2v) is 3.35. The number of hydrogen-bond donors (Lipinski definition) is 1. The molecule has 0 aliphatic rings. The molecule has 0 atom stereocenters. The molecule has 1 aromatic rings. The van der Waals surface area contributed by atoms with Gasteiger partial charge in [0.1, 0.15) is 5.69 Å². The zero-order chi connectivity index (χ0) is 11.3. The highest BCUT2D eigenvalue weighted by Gasteiger charge is 2.02. The van der Waals surface area contributed by atoms with Gasteiger partial charge in [0.2, 0.25) is 5.78 Å². The Bertz CT molecular complexity index is 355. The first-order valence-electron chi connectivity index (χ1n) is 4.58. The highest BCUT2D eigenvalue weighted by molar-refractivity contribution is 6.02. The van der Waals surface area contributed by atoms with Gasteiger partial charge >= 0.3 is 0 Å². The van der Waals surface area contributed by atoms with Crippen LogP contribution in [-0.2, 0) is 6.61 Å². The summed E-state index contributed by atoms with van der Waals surface area (Å²) in [7, 11) is 3.68. The van der Waals surface area contributed by atoms with Crippen molar-refractivity contribution in [3.8, 4) is 0 Å². The van der Waals surface area contributed by atoms with Gasteiger partial charge in [0.25, 0.3) is 0 Å². The fraction of sp³-hybridized carbons (Fsp3) is 0.273. The van der Waals surface area contributed by atoms with Crippen LogP contribution in [0.4, 0.5) is 0 Å². The largest absolute Gasteiger partial charge is 0.392 e. The highest BCUT2D eigenvalue weighted by atomic mass is 16.3. The Balaban J connectivity index is 2.74. The average molecular weight is 206 g/mol. The van der Waals surface area contributed by atoms with Crippen LogP contribution in [0.25, 0.3) is 0 Å². The Kier molecular flexibility index (Phi) is 4.00. The quantitative estimate of drug-likeness (QED) is 0.585. The van der Waals surface area contributed by atoms with Crippen molar-refractivity contribution in [2.24, 2.45) is 0 Å². The van der Waals surface area contributed by atoms with Gasteiger partial charge in [-0.2, -0.15) is 0 Å². The number of hydrogen-bond acceptors (Lipinski definition) is 4. The molecule has 4 nitrogen and oxygen atoms in total. The number of aliphatic hydroxyl groups excluding tert-OH is 1. The molecule has 1 rings (SSSR count). The number of nitrogens with zero attached hydrogens (tertiary/aromatic N) is 2. The molecule has 15 heavy (non-hydrogen) atoms. The Labute approximate surface area is 88.9 Å². The molecule has 0 amide bonds. The van der Waals surface area contributed by atoms with Gasteiger partial charge in [-0.1, -0.05) is 6.07 Å². The third-order valence-corrected chi connectivity index (χ3v) is 1.78. The molecule has 1 heterocycles. The van der Waals surface area contributed by atoms with Gasteiger partial charge in [-0.15, -0.1) is 0 Å². The van der Waals surface area contributed by atoms with Crippen molar-refractivity contribution in [2.45, 2.75) is 6.61 Å². The van der Waals surface area contributed by atoms with Crippen LogP contribution in [0.2, 0.25) is 0 Å². The topological polar surface area (TPSA) is 53.4 Å². The molecule has 1 N–H and O–H groups in total. The minimum absolute atomic E-state index is 0.0605. The van der Waals surface area contributed by atoms with E-state index in [0.29, 0.717) is 11.3 Å². The summed E-state index contributed by atoms with van der Waals surface area (Å²) < 4.78 is 0. The molecule has 4 heteroatoms. The van der Waals surface area contributed by atoms with E-state index in [1.165, 1.54) is 12.3 Å². The van der Waals surface area contributed by atoms with Gasteiger partial charge < -0.3 is 10.0 Å². The van der Waals surface area contributed by atoms with Gasteiger partial charge in [0.05, 0.1) is 6.61 Å². The lowest BCUT2D eigenvalue weighted by Crippen LogP contribution is -2.04. The van der Waals surface area contributed by atoms with E-state index in [4.69, 9.17) is 5.11 Å². The van der Waals surface area contributed by atoms with Gasteiger partial charge in [0, 0.05) is 32.6 Å². The smallest absolute Gasteiger partial charge is 0.205 e. The summed E-state index contributed by atoms with van der Waals surface area (Å²) in [5, 5.41) is 8.80. The molecule has 0 fully saturated rings. The summed E-state index contributed by atoms with van der Waals surface area (Å²) in [6.45, 7) is -0.0605. The monoisotopic (exact) mass is 206 g/mol. The van der Waals surface area contributed by atoms with Crippen LogP contribution < -0.4 is 0 Å². The zero-order valence-electron chi connectivity index (χ0n) is 8.84. The van der Waals surface area contributed by atoms with E-state index in [0.717, 1.165) is 0 Å². The Morgan fingerprint density at radius 3 is 2.73 bits per heavy atom. The van der Waals surface area contributed by atoms with Crippen molar-refractivity contribution in [3.05, 3.63) is 41.9 Å². The third kappa shape index (κ3) is 3.52. The van der Waals surface area contributed by atoms with Crippen molar-refractivity contribution in [1.82, 2.24) is 9.88 Å². The molecule has 0 aromatic carbocycles. The maximum atomic E-state index is 11.5. The molecule has 0 saturated heterocycles. The van der Waals surface area contributed by atoms with Gasteiger partial charge in [0.15, 0.2) is 0 Å². The first kappa shape index (κ1) is 11.4. The highest BCUT2D eigenvalue weighted by Crippen LogP contribution is 2.01. The van der Waals surface area contributed by atoms with Crippen LogP contribution in [0, 0.1) is 0 Å². The van der Waals surface area contributed by atoms with E-state index in [1.807, 2.05) is 14.1 Å². The lowest BCUT2D eigenvalue weighted by molar-refractivity contribution is 0.104. The van der Waals surface area contributed by atoms with Crippen LogP contribution in [0.3, 0.4) is 0 Å². The number of carbonyl (C=O) groups is 1. The standard InChI is InChI=1S/C11H14N2O2/c1-13(2)6-5-11(15)10-4-3-9(8-14)7-12-10/h3-7,14H,8H2,1-2H3/b6-5+. The molecule has 0 aliphatic heterocycles. The van der Waals surface area contributed by atoms with Crippen molar-refractivity contribution in [2.75, 3.05) is 14.1 Å². The maximum Gasteiger partial charge on any atom is 0.205 e. The van der Waals surface area contributed by atoms with Crippen molar-refractivity contribution < 1.29 is 9.90 Å². The second-order valence-electron chi connectivity index (χ2n) is 3.35. The zero-order valence-corrected chi connectivity index (χ0v) is 8.84. The Hall–Kier alpha value is -1.68. The molecule has 0 radical (unpaired) electrons. The van der Waals surface area contributed by atoms with Gasteiger partial charge in [-0.05, 0) is 11.6 Å². The lowest BCUT2D eigenvalue weighted by atomic mass is 10.2. The number of aliphatic hydroxyl groups is 1. The number of rotatable bonds is 4. The number of ketones is 1. The fourth-order valence-corrected chi connectivity index (χ4v) is 0.966. The minimum atomic E-state index is -0.145. The van der Waals surface area contributed by atoms with E-state index in [9.17, 15) is 4.79 Å². The Morgan fingerprint density at radius 2 is 2.27 bits per heavy atom. The van der Waals surface area contributed by atoms with Gasteiger partial charge in [-0.25, -0.2) is 0 Å². The minimum Gasteiger partial charge on any atom is -0.392 e. The molecule has 1 aromatic heterocycles. The number of allylic oxidation sites excluding steroid dienone is 1. The predicted molar refractivity (Wildman–Crippen MR) is 57.3 cm³/mol. The van der Waals surface area contributed by atoms with Crippen molar-refractivity contribution in [3.63, 3.8) is 0 Å². The molecule has 0 aliphatic carbocycles. The molecular weight excluding hydrogens is 192 g/mol. The van der Waals surface area contributed by atoms with E-state index in [-0.39, 0.29) is 12.4 Å². The van der Waals surface area contributed by atoms with E-state index in [2.05, 4.69) is 4.98 Å². The van der Waals surface area contributed by atoms with E-state index >= 15 is 0 Å². The molecule has 80 valence electrons. The van der Waals surface area contributed by atoms with Crippen LogP contribution in [0.15, 0.2) is 30.6 Å². The summed E-state index contributed by atoms with van der Waals surface area (Å²) >= 11 is 0. The first-order valence-corrected chi connectivity index (χ1v) is 4.58. The Morgan fingerprint density at radius 1 is 1.53 bits per heavy atom. The summed E-state index contributed by atoms with van der Waals surface area (Å²) in [5.41, 5.74) is 1.08. The van der Waals surface area contributed by atoms with Crippen LogP contribution >= 0.6 is 0 Å². The maximum absolute atomic E-state index is 11.5. The molecule has 0 unspecified atom stereocenters. The SMILES string of the molecule is CN(C)/C=C/C(=O)c1ccc(CO)cn1. The summed E-state index contributed by atoms with van der Waals surface area (Å²) in [5.74, 6) is -0.145. The normalized spacial score (nSPS) is 10.6. The van der Waals surface area contributed by atoms with E-state index in [1.54, 1.807) is 23.2 Å². The van der Waals surface area contributed by atoms with Crippen LogP contribution in [0.1, 0.15) is 16.1 Å². The van der Waals surface area contributed by atoms with Gasteiger partial charge in [-0.3, -0.25) is 9.78 Å². The number of aromatic nitrogens is 1. The van der Waals surface area contributed by atoms with Crippen molar-refractivity contribution >= 4 is 5.78 Å². The molecule has 0 bridgehead atoms.